The third-order valence-corrected chi connectivity index (χ3v) is 3.06. The van der Waals surface area contributed by atoms with Crippen LogP contribution in [0, 0.1) is 5.92 Å². The minimum atomic E-state index is -0.352. The van der Waals surface area contributed by atoms with E-state index < -0.39 is 0 Å². The summed E-state index contributed by atoms with van der Waals surface area (Å²) in [4.78, 5) is 14.0. The van der Waals surface area contributed by atoms with Gasteiger partial charge in [0.1, 0.15) is 0 Å². The lowest BCUT2D eigenvalue weighted by Crippen LogP contribution is -2.42. The number of carbonyl (C=O) groups is 1. The number of hydrogen-bond acceptors (Lipinski definition) is 4. The fourth-order valence-electron chi connectivity index (χ4n) is 1.86. The predicted octanol–water partition coefficient (Wildman–Crippen LogP) is 0.0633. The van der Waals surface area contributed by atoms with Crippen molar-refractivity contribution in [1.29, 1.82) is 0 Å². The molecular formula is C11H22N2O3. The first kappa shape index (κ1) is 13.4. The molecule has 0 radical (unpaired) electrons. The number of rotatable bonds is 5. The van der Waals surface area contributed by atoms with E-state index in [9.17, 15) is 4.79 Å². The Bertz CT molecular complexity index is 211. The number of nitrogens with zero attached hydrogens (tertiary/aromatic N) is 1. The van der Waals surface area contributed by atoms with Crippen molar-refractivity contribution < 1.29 is 14.3 Å². The highest BCUT2D eigenvalue weighted by Crippen LogP contribution is 2.15. The lowest BCUT2D eigenvalue weighted by atomic mass is 9.96. The zero-order valence-corrected chi connectivity index (χ0v) is 10.4. The molecule has 0 aromatic heterocycles. The number of carbonyl (C=O) groups excluding carboxylic acids is 1. The Morgan fingerprint density at radius 2 is 1.94 bits per heavy atom. The summed E-state index contributed by atoms with van der Waals surface area (Å²) in [5, 5.41) is 2.86. The van der Waals surface area contributed by atoms with E-state index in [2.05, 4.69) is 17.3 Å². The molecule has 1 N–H and O–H groups in total. The smallest absolute Gasteiger partial charge is 0.223 e. The fourth-order valence-corrected chi connectivity index (χ4v) is 1.86. The Morgan fingerprint density at radius 1 is 1.38 bits per heavy atom. The van der Waals surface area contributed by atoms with Crippen LogP contribution in [0.15, 0.2) is 0 Å². The molecule has 0 saturated carbocycles. The van der Waals surface area contributed by atoms with Gasteiger partial charge < -0.3 is 19.7 Å². The van der Waals surface area contributed by atoms with Crippen LogP contribution in [-0.2, 0) is 14.3 Å². The van der Waals surface area contributed by atoms with Gasteiger partial charge in [-0.2, -0.15) is 0 Å². The van der Waals surface area contributed by atoms with Crippen molar-refractivity contribution in [3.8, 4) is 0 Å². The summed E-state index contributed by atoms with van der Waals surface area (Å²) in [6.07, 6.45) is 1.52. The van der Waals surface area contributed by atoms with Gasteiger partial charge in [-0.3, -0.25) is 4.79 Å². The Hall–Kier alpha value is -0.650. The average molecular weight is 230 g/mol. The maximum absolute atomic E-state index is 11.8. The van der Waals surface area contributed by atoms with Crippen LogP contribution < -0.4 is 5.32 Å². The van der Waals surface area contributed by atoms with Crippen LogP contribution in [0.25, 0.3) is 0 Å². The average Bonchev–Trinajstić information content (AvgIpc) is 2.31. The van der Waals surface area contributed by atoms with Crippen molar-refractivity contribution in [2.75, 3.05) is 40.9 Å². The van der Waals surface area contributed by atoms with Crippen LogP contribution in [-0.4, -0.2) is 58.0 Å². The third kappa shape index (κ3) is 4.08. The van der Waals surface area contributed by atoms with Crippen molar-refractivity contribution in [2.24, 2.45) is 5.92 Å². The molecule has 0 aromatic carbocycles. The van der Waals surface area contributed by atoms with Gasteiger partial charge in [-0.1, -0.05) is 0 Å². The van der Waals surface area contributed by atoms with Gasteiger partial charge in [0.25, 0.3) is 0 Å². The number of ether oxygens (including phenoxy) is 2. The van der Waals surface area contributed by atoms with Gasteiger partial charge in [0.2, 0.25) is 5.91 Å². The molecule has 94 valence electrons. The molecule has 1 saturated heterocycles. The van der Waals surface area contributed by atoms with Crippen molar-refractivity contribution >= 4 is 5.91 Å². The molecule has 5 nitrogen and oxygen atoms in total. The lowest BCUT2D eigenvalue weighted by molar-refractivity contribution is -0.132. The SMILES string of the molecule is COC(CNC(=O)C1CCN(C)CC1)OC. The van der Waals surface area contributed by atoms with Gasteiger partial charge in [0.05, 0.1) is 6.54 Å². The quantitative estimate of drug-likeness (QED) is 0.679. The zero-order valence-electron chi connectivity index (χ0n) is 10.4. The molecule has 1 rings (SSSR count). The van der Waals surface area contributed by atoms with Crippen LogP contribution in [0.1, 0.15) is 12.8 Å². The van der Waals surface area contributed by atoms with E-state index in [1.54, 1.807) is 14.2 Å². The summed E-state index contributed by atoms with van der Waals surface area (Å²) in [6.45, 7) is 2.41. The highest BCUT2D eigenvalue weighted by molar-refractivity contribution is 5.78. The Morgan fingerprint density at radius 3 is 2.44 bits per heavy atom. The van der Waals surface area contributed by atoms with Gasteiger partial charge in [-0.15, -0.1) is 0 Å². The first-order chi connectivity index (χ1) is 7.67. The van der Waals surface area contributed by atoms with E-state index in [1.807, 2.05) is 0 Å². The number of methoxy groups -OCH3 is 2. The second kappa shape index (κ2) is 6.83. The first-order valence-electron chi connectivity index (χ1n) is 5.69. The Balaban J connectivity index is 2.24. The number of amides is 1. The fraction of sp³-hybridized carbons (Fsp3) is 0.909. The van der Waals surface area contributed by atoms with E-state index in [4.69, 9.17) is 9.47 Å². The van der Waals surface area contributed by atoms with E-state index >= 15 is 0 Å². The zero-order chi connectivity index (χ0) is 12.0. The van der Waals surface area contributed by atoms with Crippen LogP contribution >= 0.6 is 0 Å². The summed E-state index contributed by atoms with van der Waals surface area (Å²) in [5.41, 5.74) is 0. The van der Waals surface area contributed by atoms with Gasteiger partial charge in [-0.25, -0.2) is 0 Å². The lowest BCUT2D eigenvalue weighted by Gasteiger charge is -2.28. The Labute approximate surface area is 97.1 Å². The molecule has 1 amide bonds. The molecule has 0 spiro atoms. The highest BCUT2D eigenvalue weighted by atomic mass is 16.7. The summed E-state index contributed by atoms with van der Waals surface area (Å²) in [6, 6.07) is 0. The van der Waals surface area contributed by atoms with E-state index in [0.29, 0.717) is 6.54 Å². The molecule has 0 unspecified atom stereocenters. The molecule has 16 heavy (non-hydrogen) atoms. The van der Waals surface area contributed by atoms with Crippen molar-refractivity contribution in [3.05, 3.63) is 0 Å². The number of nitrogens with one attached hydrogen (secondary N) is 1. The van der Waals surface area contributed by atoms with Crippen LogP contribution in [0.3, 0.4) is 0 Å². The van der Waals surface area contributed by atoms with Gasteiger partial charge >= 0.3 is 0 Å². The summed E-state index contributed by atoms with van der Waals surface area (Å²) < 4.78 is 10.0. The maximum atomic E-state index is 11.8. The minimum Gasteiger partial charge on any atom is -0.354 e. The summed E-state index contributed by atoms with van der Waals surface area (Å²) >= 11 is 0. The van der Waals surface area contributed by atoms with Crippen LogP contribution in [0.4, 0.5) is 0 Å². The van der Waals surface area contributed by atoms with Crippen LogP contribution in [0.5, 0.6) is 0 Å². The summed E-state index contributed by atoms with van der Waals surface area (Å²) in [5.74, 6) is 0.262. The summed E-state index contributed by atoms with van der Waals surface area (Å²) in [7, 11) is 5.21. The molecule has 1 aliphatic heterocycles. The molecule has 0 atom stereocenters. The van der Waals surface area contributed by atoms with Crippen molar-refractivity contribution in [3.63, 3.8) is 0 Å². The van der Waals surface area contributed by atoms with E-state index in [-0.39, 0.29) is 18.1 Å². The molecule has 1 heterocycles. The standard InChI is InChI=1S/C11H22N2O3/c1-13-6-4-9(5-7-13)11(14)12-8-10(15-2)16-3/h9-10H,4-8H2,1-3H3,(H,12,14). The largest absolute Gasteiger partial charge is 0.354 e. The molecule has 0 aromatic rings. The van der Waals surface area contributed by atoms with E-state index in [0.717, 1.165) is 25.9 Å². The third-order valence-electron chi connectivity index (χ3n) is 3.06. The highest BCUT2D eigenvalue weighted by Gasteiger charge is 2.23. The van der Waals surface area contributed by atoms with Crippen LogP contribution in [0.2, 0.25) is 0 Å². The molecular weight excluding hydrogens is 208 g/mol. The number of piperidine rings is 1. The van der Waals surface area contributed by atoms with Gasteiger partial charge in [-0.05, 0) is 33.0 Å². The minimum absolute atomic E-state index is 0.118. The van der Waals surface area contributed by atoms with Gasteiger partial charge in [0, 0.05) is 20.1 Å². The van der Waals surface area contributed by atoms with E-state index in [1.165, 1.54) is 0 Å². The van der Waals surface area contributed by atoms with Crippen molar-refractivity contribution in [2.45, 2.75) is 19.1 Å². The molecule has 1 fully saturated rings. The topological polar surface area (TPSA) is 50.8 Å². The molecule has 0 bridgehead atoms. The normalized spacial score (nSPS) is 19.0. The number of hydrogen-bond donors (Lipinski definition) is 1. The van der Waals surface area contributed by atoms with Crippen molar-refractivity contribution in [1.82, 2.24) is 10.2 Å². The maximum Gasteiger partial charge on any atom is 0.223 e. The monoisotopic (exact) mass is 230 g/mol. The Kier molecular flexibility index (Phi) is 5.73. The molecule has 5 heteroatoms. The molecule has 1 aliphatic rings. The number of likely N-dealkylation sites (tertiary alicyclic amines) is 1. The first-order valence-corrected chi connectivity index (χ1v) is 5.69. The predicted molar refractivity (Wildman–Crippen MR) is 61.0 cm³/mol. The molecule has 0 aliphatic carbocycles. The second-order valence-electron chi connectivity index (χ2n) is 4.22. The second-order valence-corrected chi connectivity index (χ2v) is 4.22. The van der Waals surface area contributed by atoms with Gasteiger partial charge in [0.15, 0.2) is 6.29 Å².